The summed E-state index contributed by atoms with van der Waals surface area (Å²) in [5.74, 6) is 0.700. The topological polar surface area (TPSA) is 29.5 Å². The Morgan fingerprint density at radius 1 is 0.947 bits per heavy atom. The van der Waals surface area contributed by atoms with Crippen LogP contribution in [0.1, 0.15) is 36.8 Å². The first-order valence-electron chi connectivity index (χ1n) is 6.75. The van der Waals surface area contributed by atoms with E-state index in [9.17, 15) is 5.11 Å². The molecule has 0 bridgehead atoms. The molecule has 0 aliphatic heterocycles. The van der Waals surface area contributed by atoms with Gasteiger partial charge in [0.15, 0.2) is 0 Å². The molecule has 2 nitrogen and oxygen atoms in total. The van der Waals surface area contributed by atoms with E-state index in [2.05, 4.69) is 19.9 Å². The van der Waals surface area contributed by atoms with E-state index < -0.39 is 6.29 Å². The van der Waals surface area contributed by atoms with Crippen LogP contribution in [-0.4, -0.2) is 5.11 Å². The third-order valence-corrected chi connectivity index (χ3v) is 3.23. The van der Waals surface area contributed by atoms with Crippen molar-refractivity contribution in [3.63, 3.8) is 0 Å². The predicted molar refractivity (Wildman–Crippen MR) is 77.2 cm³/mol. The molecular formula is C17H20O2. The minimum Gasteiger partial charge on any atom is -0.461 e. The molecule has 2 heteroatoms. The van der Waals surface area contributed by atoms with Gasteiger partial charge in [0.25, 0.3) is 0 Å². The van der Waals surface area contributed by atoms with Crippen molar-refractivity contribution < 1.29 is 9.84 Å². The molecule has 0 heterocycles. The second-order valence-corrected chi connectivity index (χ2v) is 4.57. The van der Waals surface area contributed by atoms with Gasteiger partial charge in [0, 0.05) is 5.56 Å². The van der Waals surface area contributed by atoms with Gasteiger partial charge in [-0.05, 0) is 36.1 Å². The van der Waals surface area contributed by atoms with Gasteiger partial charge in [-0.3, -0.25) is 0 Å². The lowest BCUT2D eigenvalue weighted by atomic mass is 10.1. The van der Waals surface area contributed by atoms with Gasteiger partial charge in [-0.1, -0.05) is 50.2 Å². The van der Waals surface area contributed by atoms with Gasteiger partial charge in [0.2, 0.25) is 6.29 Å². The normalized spacial score (nSPS) is 12.2. The van der Waals surface area contributed by atoms with Gasteiger partial charge in [-0.15, -0.1) is 0 Å². The molecular weight excluding hydrogens is 236 g/mol. The second-order valence-electron chi connectivity index (χ2n) is 4.57. The summed E-state index contributed by atoms with van der Waals surface area (Å²) in [4.78, 5) is 0. The van der Waals surface area contributed by atoms with Crippen LogP contribution in [0.2, 0.25) is 0 Å². The van der Waals surface area contributed by atoms with E-state index in [-0.39, 0.29) is 0 Å². The number of hydrogen-bond donors (Lipinski definition) is 1. The molecule has 1 atom stereocenters. The van der Waals surface area contributed by atoms with Crippen LogP contribution in [0.5, 0.6) is 5.75 Å². The van der Waals surface area contributed by atoms with Crippen LogP contribution in [0.4, 0.5) is 0 Å². The first-order valence-corrected chi connectivity index (χ1v) is 6.75. The average molecular weight is 256 g/mol. The van der Waals surface area contributed by atoms with Crippen LogP contribution in [0.25, 0.3) is 0 Å². The van der Waals surface area contributed by atoms with Gasteiger partial charge in [-0.2, -0.15) is 0 Å². The third-order valence-electron chi connectivity index (χ3n) is 3.23. The summed E-state index contributed by atoms with van der Waals surface area (Å²) in [6, 6.07) is 15.7. The van der Waals surface area contributed by atoms with Crippen molar-refractivity contribution in [1.82, 2.24) is 0 Å². The van der Waals surface area contributed by atoms with Crippen molar-refractivity contribution in [2.45, 2.75) is 33.0 Å². The maximum absolute atomic E-state index is 10.1. The molecule has 19 heavy (non-hydrogen) atoms. The zero-order valence-electron chi connectivity index (χ0n) is 11.5. The molecule has 0 saturated carbocycles. The largest absolute Gasteiger partial charge is 0.461 e. The van der Waals surface area contributed by atoms with Crippen LogP contribution in [-0.2, 0) is 12.8 Å². The van der Waals surface area contributed by atoms with Crippen LogP contribution >= 0.6 is 0 Å². The molecule has 0 radical (unpaired) electrons. The summed E-state index contributed by atoms with van der Waals surface area (Å²) in [6.45, 7) is 4.21. The zero-order chi connectivity index (χ0) is 13.7. The first-order chi connectivity index (χ1) is 9.22. The van der Waals surface area contributed by atoms with Gasteiger partial charge < -0.3 is 9.84 Å². The number of aliphatic hydroxyl groups is 1. The van der Waals surface area contributed by atoms with Gasteiger partial charge in [0.05, 0.1) is 0 Å². The lowest BCUT2D eigenvalue weighted by Crippen LogP contribution is -2.06. The third kappa shape index (κ3) is 3.58. The van der Waals surface area contributed by atoms with Gasteiger partial charge >= 0.3 is 0 Å². The Morgan fingerprint density at radius 2 is 1.63 bits per heavy atom. The van der Waals surface area contributed by atoms with E-state index in [1.807, 2.05) is 42.5 Å². The predicted octanol–water partition coefficient (Wildman–Crippen LogP) is 3.88. The highest BCUT2D eigenvalue weighted by atomic mass is 16.6. The SMILES string of the molecule is CCc1ccc(C(O)Oc2cccc(CC)c2)cc1. The van der Waals surface area contributed by atoms with Gasteiger partial charge in [0.1, 0.15) is 5.75 Å². The maximum atomic E-state index is 10.1. The van der Waals surface area contributed by atoms with E-state index in [1.165, 1.54) is 11.1 Å². The van der Waals surface area contributed by atoms with Crippen LogP contribution < -0.4 is 4.74 Å². The highest BCUT2D eigenvalue weighted by Crippen LogP contribution is 2.21. The molecule has 1 unspecified atom stereocenters. The first kappa shape index (κ1) is 13.6. The van der Waals surface area contributed by atoms with E-state index in [0.29, 0.717) is 5.75 Å². The number of hydrogen-bond acceptors (Lipinski definition) is 2. The average Bonchev–Trinajstić information content (AvgIpc) is 2.47. The van der Waals surface area contributed by atoms with Crippen LogP contribution in [0.15, 0.2) is 48.5 Å². The number of rotatable bonds is 5. The smallest absolute Gasteiger partial charge is 0.224 e. The second kappa shape index (κ2) is 6.39. The molecule has 0 fully saturated rings. The Morgan fingerprint density at radius 3 is 2.26 bits per heavy atom. The Balaban J connectivity index is 2.08. The van der Waals surface area contributed by atoms with Crippen LogP contribution in [0.3, 0.4) is 0 Å². The fourth-order valence-corrected chi connectivity index (χ4v) is 1.95. The summed E-state index contributed by atoms with van der Waals surface area (Å²) in [5, 5.41) is 10.1. The van der Waals surface area contributed by atoms with Crippen molar-refractivity contribution in [2.75, 3.05) is 0 Å². The molecule has 1 N–H and O–H groups in total. The summed E-state index contributed by atoms with van der Waals surface area (Å²) in [5.41, 5.74) is 3.23. The number of benzene rings is 2. The minimum atomic E-state index is -0.919. The number of aryl methyl sites for hydroxylation is 2. The monoisotopic (exact) mass is 256 g/mol. The van der Waals surface area contributed by atoms with Crippen molar-refractivity contribution >= 4 is 0 Å². The lowest BCUT2D eigenvalue weighted by molar-refractivity contribution is -0.0194. The van der Waals surface area contributed by atoms with Crippen molar-refractivity contribution in [1.29, 1.82) is 0 Å². The fourth-order valence-electron chi connectivity index (χ4n) is 1.95. The minimum absolute atomic E-state index is 0.700. The summed E-state index contributed by atoms with van der Waals surface area (Å²) in [6.07, 6.45) is 1.03. The molecule has 2 aromatic carbocycles. The van der Waals surface area contributed by atoms with E-state index in [1.54, 1.807) is 0 Å². The van der Waals surface area contributed by atoms with E-state index in [0.717, 1.165) is 18.4 Å². The number of ether oxygens (including phenoxy) is 1. The molecule has 100 valence electrons. The van der Waals surface area contributed by atoms with Crippen molar-refractivity contribution in [3.05, 3.63) is 65.2 Å². The quantitative estimate of drug-likeness (QED) is 0.823. The highest BCUT2D eigenvalue weighted by Gasteiger charge is 2.09. The van der Waals surface area contributed by atoms with Crippen molar-refractivity contribution in [2.24, 2.45) is 0 Å². The molecule has 0 aromatic heterocycles. The number of aliphatic hydroxyl groups excluding tert-OH is 1. The van der Waals surface area contributed by atoms with Gasteiger partial charge in [-0.25, -0.2) is 0 Å². The fraction of sp³-hybridized carbons (Fsp3) is 0.294. The lowest BCUT2D eigenvalue weighted by Gasteiger charge is -2.14. The maximum Gasteiger partial charge on any atom is 0.224 e. The Bertz CT molecular complexity index is 517. The molecule has 0 aliphatic rings. The molecule has 2 rings (SSSR count). The van der Waals surface area contributed by atoms with E-state index >= 15 is 0 Å². The highest BCUT2D eigenvalue weighted by molar-refractivity contribution is 5.30. The Hall–Kier alpha value is -1.80. The summed E-state index contributed by atoms with van der Waals surface area (Å²) >= 11 is 0. The molecule has 0 amide bonds. The zero-order valence-corrected chi connectivity index (χ0v) is 11.5. The summed E-state index contributed by atoms with van der Waals surface area (Å²) < 4.78 is 5.57. The van der Waals surface area contributed by atoms with E-state index in [4.69, 9.17) is 4.74 Å². The van der Waals surface area contributed by atoms with Crippen LogP contribution in [0, 0.1) is 0 Å². The molecule has 0 saturated heterocycles. The van der Waals surface area contributed by atoms with Crippen molar-refractivity contribution in [3.8, 4) is 5.75 Å². The molecule has 0 spiro atoms. The standard InChI is InChI=1S/C17H20O2/c1-3-13-8-10-15(11-9-13)17(18)19-16-7-5-6-14(4-2)12-16/h5-12,17-18H,3-4H2,1-2H3. The summed E-state index contributed by atoms with van der Waals surface area (Å²) in [7, 11) is 0. The molecule has 2 aromatic rings. The Labute approximate surface area is 114 Å². The Kier molecular flexibility index (Phi) is 4.58. The molecule has 0 aliphatic carbocycles.